The predicted octanol–water partition coefficient (Wildman–Crippen LogP) is 3.62. The maximum atomic E-state index is 10.4. The Balaban J connectivity index is 1.84. The molecule has 0 aromatic heterocycles. The zero-order valence-electron chi connectivity index (χ0n) is 11.7. The Kier molecular flexibility index (Phi) is 8.34. The van der Waals surface area contributed by atoms with Crippen LogP contribution in [-0.4, -0.2) is 32.0 Å². The molecule has 0 bridgehead atoms. The van der Waals surface area contributed by atoms with E-state index < -0.39 is 0 Å². The second-order valence-corrected chi connectivity index (χ2v) is 5.06. The van der Waals surface area contributed by atoms with Gasteiger partial charge in [0, 0.05) is 6.61 Å². The van der Waals surface area contributed by atoms with E-state index >= 15 is 0 Å². The van der Waals surface area contributed by atoms with Gasteiger partial charge >= 0.3 is 0 Å². The van der Waals surface area contributed by atoms with E-state index in [2.05, 4.69) is 18.3 Å². The first kappa shape index (κ1) is 16.1. The summed E-state index contributed by atoms with van der Waals surface area (Å²) in [5.74, 6) is 0. The van der Waals surface area contributed by atoms with Gasteiger partial charge in [0.05, 0.1) is 13.2 Å². The normalized spacial score (nSPS) is 18.8. The first-order valence-electron chi connectivity index (χ1n) is 7.07. The van der Waals surface area contributed by atoms with Crippen LogP contribution in [0.25, 0.3) is 0 Å². The Morgan fingerprint density at radius 1 is 1.42 bits per heavy atom. The molecule has 4 heteroatoms. The Morgan fingerprint density at radius 2 is 2.16 bits per heavy atom. The topological polar surface area (TPSA) is 51.2 Å². The van der Waals surface area contributed by atoms with Crippen LogP contribution in [0.3, 0.4) is 0 Å². The monoisotopic (exact) mass is 267 g/mol. The summed E-state index contributed by atoms with van der Waals surface area (Å²) in [4.78, 5) is 10.4. The highest BCUT2D eigenvalue weighted by Crippen LogP contribution is 2.15. The first-order chi connectivity index (χ1) is 9.26. The summed E-state index contributed by atoms with van der Waals surface area (Å²) in [6.07, 6.45) is 8.13. The number of hydrogen-bond donors (Lipinski definition) is 0. The van der Waals surface area contributed by atoms with E-state index in [0.29, 0.717) is 12.5 Å². The van der Waals surface area contributed by atoms with Crippen molar-refractivity contribution < 1.29 is 9.47 Å². The quantitative estimate of drug-likeness (QED) is 0.222. The van der Waals surface area contributed by atoms with E-state index in [1.807, 2.05) is 0 Å². The summed E-state index contributed by atoms with van der Waals surface area (Å²) >= 11 is 0. The van der Waals surface area contributed by atoms with Crippen LogP contribution in [0.4, 0.5) is 0 Å². The predicted molar refractivity (Wildman–Crippen MR) is 77.2 cm³/mol. The molecule has 1 aliphatic rings. The highest BCUT2D eigenvalue weighted by Gasteiger charge is 2.21. The summed E-state index contributed by atoms with van der Waals surface area (Å²) in [6, 6.07) is -0.314. The summed E-state index contributed by atoms with van der Waals surface area (Å²) < 4.78 is 10.5. The number of ether oxygens (including phenoxy) is 2. The third-order valence-corrected chi connectivity index (χ3v) is 3.18. The molecule has 0 spiro atoms. The maximum absolute atomic E-state index is 10.4. The van der Waals surface area contributed by atoms with Gasteiger partial charge in [-0.2, -0.15) is 4.91 Å². The minimum Gasteiger partial charge on any atom is -0.379 e. The van der Waals surface area contributed by atoms with Gasteiger partial charge in [0.1, 0.15) is 12.1 Å². The van der Waals surface area contributed by atoms with Crippen molar-refractivity contribution in [2.45, 2.75) is 50.7 Å². The molecule has 2 unspecified atom stereocenters. The molecule has 108 valence electrons. The number of epoxide rings is 1. The van der Waals surface area contributed by atoms with Crippen molar-refractivity contribution in [2.75, 3.05) is 19.8 Å². The van der Waals surface area contributed by atoms with Gasteiger partial charge in [-0.05, 0) is 25.7 Å². The van der Waals surface area contributed by atoms with Gasteiger partial charge in [-0.3, -0.25) is 0 Å². The van der Waals surface area contributed by atoms with E-state index in [4.69, 9.17) is 9.47 Å². The van der Waals surface area contributed by atoms with Crippen LogP contribution in [0.15, 0.2) is 30.0 Å². The highest BCUT2D eigenvalue weighted by atomic mass is 16.6. The smallest absolute Gasteiger partial charge is 0.113 e. The molecule has 1 saturated heterocycles. The van der Waals surface area contributed by atoms with E-state index in [1.165, 1.54) is 12.8 Å². The minimum absolute atomic E-state index is 0.314. The zero-order chi connectivity index (χ0) is 13.9. The van der Waals surface area contributed by atoms with Crippen molar-refractivity contribution in [1.29, 1.82) is 0 Å². The third kappa shape index (κ3) is 8.67. The maximum Gasteiger partial charge on any atom is 0.113 e. The Bertz CT molecular complexity index is 279. The summed E-state index contributed by atoms with van der Waals surface area (Å²) in [6.45, 7) is 10.0. The number of nitrogens with zero attached hydrogens (tertiary/aromatic N) is 1. The Labute approximate surface area is 115 Å². The lowest BCUT2D eigenvalue weighted by atomic mass is 10.0. The number of hydrogen-bond acceptors (Lipinski definition) is 4. The van der Waals surface area contributed by atoms with Crippen molar-refractivity contribution in [3.63, 3.8) is 0 Å². The molecular formula is C15H25NO3. The highest BCUT2D eigenvalue weighted by molar-refractivity contribution is 5.02. The molecule has 1 aliphatic heterocycles. The molecule has 0 saturated carbocycles. The van der Waals surface area contributed by atoms with Gasteiger partial charge in [0.15, 0.2) is 0 Å². The van der Waals surface area contributed by atoms with Crippen LogP contribution in [0.5, 0.6) is 0 Å². The van der Waals surface area contributed by atoms with E-state index in [0.717, 1.165) is 44.7 Å². The van der Waals surface area contributed by atoms with Crippen molar-refractivity contribution in [1.82, 2.24) is 0 Å². The van der Waals surface area contributed by atoms with Crippen LogP contribution in [0.1, 0.15) is 38.5 Å². The third-order valence-electron chi connectivity index (χ3n) is 3.18. The van der Waals surface area contributed by atoms with E-state index in [-0.39, 0.29) is 6.04 Å². The van der Waals surface area contributed by atoms with E-state index in [9.17, 15) is 4.91 Å². The fraction of sp³-hybridized carbons (Fsp3) is 0.733. The van der Waals surface area contributed by atoms with Crippen molar-refractivity contribution >= 4 is 0 Å². The number of unbranched alkanes of at least 4 members (excludes halogenated alkanes) is 3. The molecular weight excluding hydrogens is 242 g/mol. The van der Waals surface area contributed by atoms with Gasteiger partial charge in [-0.25, -0.2) is 0 Å². The summed E-state index contributed by atoms with van der Waals surface area (Å²) in [7, 11) is 0. The van der Waals surface area contributed by atoms with Gasteiger partial charge in [0.25, 0.3) is 0 Å². The van der Waals surface area contributed by atoms with Crippen LogP contribution < -0.4 is 0 Å². The molecule has 0 amide bonds. The zero-order valence-corrected chi connectivity index (χ0v) is 11.7. The summed E-state index contributed by atoms with van der Waals surface area (Å²) in [5, 5.41) is 2.99. The lowest BCUT2D eigenvalue weighted by Gasteiger charge is -2.07. The van der Waals surface area contributed by atoms with Gasteiger partial charge < -0.3 is 9.47 Å². The largest absolute Gasteiger partial charge is 0.379 e. The van der Waals surface area contributed by atoms with Crippen molar-refractivity contribution in [3.05, 3.63) is 29.7 Å². The molecule has 4 nitrogen and oxygen atoms in total. The Morgan fingerprint density at radius 3 is 2.79 bits per heavy atom. The average molecular weight is 267 g/mol. The molecule has 0 aliphatic carbocycles. The van der Waals surface area contributed by atoms with Crippen LogP contribution in [0.2, 0.25) is 0 Å². The molecule has 0 radical (unpaired) electrons. The van der Waals surface area contributed by atoms with Crippen LogP contribution in [-0.2, 0) is 9.47 Å². The van der Waals surface area contributed by atoms with Gasteiger partial charge in [0.2, 0.25) is 0 Å². The molecule has 1 rings (SSSR count). The van der Waals surface area contributed by atoms with Crippen LogP contribution in [0, 0.1) is 4.91 Å². The molecule has 0 aromatic carbocycles. The second-order valence-electron chi connectivity index (χ2n) is 5.06. The minimum atomic E-state index is -0.314. The summed E-state index contributed by atoms with van der Waals surface area (Å²) in [5.41, 5.74) is 1.09. The molecule has 2 atom stereocenters. The number of nitroso groups, excluding NO2 is 1. The lowest BCUT2D eigenvalue weighted by Crippen LogP contribution is -2.02. The SMILES string of the molecule is C=CC(CC(=C)CCCCCCOCC1CO1)N=O. The fourth-order valence-electron chi connectivity index (χ4n) is 1.87. The van der Waals surface area contributed by atoms with Crippen molar-refractivity contribution in [2.24, 2.45) is 5.18 Å². The van der Waals surface area contributed by atoms with Crippen molar-refractivity contribution in [3.8, 4) is 0 Å². The Hall–Kier alpha value is -1.00. The second kappa shape index (κ2) is 9.87. The van der Waals surface area contributed by atoms with E-state index in [1.54, 1.807) is 6.08 Å². The first-order valence-corrected chi connectivity index (χ1v) is 7.07. The van der Waals surface area contributed by atoms with Gasteiger partial charge in [-0.15, -0.1) is 6.58 Å². The molecule has 1 fully saturated rings. The lowest BCUT2D eigenvalue weighted by molar-refractivity contribution is 0.113. The van der Waals surface area contributed by atoms with Crippen LogP contribution >= 0.6 is 0 Å². The molecule has 19 heavy (non-hydrogen) atoms. The molecule has 1 heterocycles. The van der Waals surface area contributed by atoms with Gasteiger partial charge in [-0.1, -0.05) is 36.2 Å². The number of rotatable bonds is 13. The standard InChI is InChI=1S/C15H25NO3/c1-3-14(16-17)10-13(2)8-6-4-5-7-9-18-11-15-12-19-15/h3,14-15H,1-2,4-12H2. The molecule has 0 N–H and O–H groups in total. The molecule has 0 aromatic rings. The fourth-order valence-corrected chi connectivity index (χ4v) is 1.87. The average Bonchev–Trinajstić information content (AvgIpc) is 3.23.